The Balaban J connectivity index is 1.21. The Morgan fingerprint density at radius 3 is 2.10 bits per heavy atom. The van der Waals surface area contributed by atoms with Crippen molar-refractivity contribution in [2.45, 2.75) is 5.92 Å². The van der Waals surface area contributed by atoms with E-state index in [0.717, 1.165) is 37.7 Å². The van der Waals surface area contributed by atoms with Crippen LogP contribution in [0.5, 0.6) is 0 Å². The van der Waals surface area contributed by atoms with Crippen LogP contribution in [-0.2, 0) is 0 Å². The van der Waals surface area contributed by atoms with Crippen molar-refractivity contribution in [2.24, 2.45) is 0 Å². The molecule has 0 saturated heterocycles. The Hall–Kier alpha value is -5.13. The van der Waals surface area contributed by atoms with E-state index in [0.29, 0.717) is 11.1 Å². The van der Waals surface area contributed by atoms with E-state index in [1.807, 2.05) is 66.9 Å². The molecule has 3 heterocycles. The predicted molar refractivity (Wildman–Crippen MR) is 165 cm³/mol. The van der Waals surface area contributed by atoms with Crippen LogP contribution in [0.15, 0.2) is 127 Å². The Labute approximate surface area is 240 Å². The number of aromatic nitrogens is 1. The fraction of sp³-hybridized carbons (Fsp3) is 0.0278. The van der Waals surface area contributed by atoms with Gasteiger partial charge < -0.3 is 0 Å². The highest BCUT2D eigenvalue weighted by Gasteiger charge is 2.35. The van der Waals surface area contributed by atoms with Gasteiger partial charge in [-0.15, -0.1) is 11.3 Å². The molecule has 0 spiro atoms. The van der Waals surface area contributed by atoms with E-state index in [9.17, 15) is 9.59 Å². The zero-order valence-corrected chi connectivity index (χ0v) is 22.6. The molecular weight excluding hydrogens is 524 g/mol. The van der Waals surface area contributed by atoms with Gasteiger partial charge in [0.1, 0.15) is 10.8 Å². The number of thiophene rings is 1. The van der Waals surface area contributed by atoms with Crippen LogP contribution in [-0.4, -0.2) is 16.6 Å². The lowest BCUT2D eigenvalue weighted by atomic mass is 9.81. The second-order valence-electron chi connectivity index (χ2n) is 10.3. The summed E-state index contributed by atoms with van der Waals surface area (Å²) >= 11 is 1.54. The first kappa shape index (κ1) is 23.7. The summed E-state index contributed by atoms with van der Waals surface area (Å²) in [5.74, 6) is 0.517. The number of pyridine rings is 1. The fourth-order valence-corrected chi connectivity index (χ4v) is 7.06. The summed E-state index contributed by atoms with van der Waals surface area (Å²) in [7, 11) is 0. The molecule has 0 saturated carbocycles. The average molecular weight is 547 g/mol. The quantitative estimate of drug-likeness (QED) is 0.164. The Kier molecular flexibility index (Phi) is 5.34. The molecule has 5 heteroatoms. The second-order valence-corrected chi connectivity index (χ2v) is 11.4. The summed E-state index contributed by atoms with van der Waals surface area (Å²) in [6.07, 6.45) is 3.57. The van der Waals surface area contributed by atoms with Gasteiger partial charge in [-0.2, -0.15) is 0 Å². The lowest BCUT2D eigenvalue weighted by Gasteiger charge is -2.36. The van der Waals surface area contributed by atoms with Crippen molar-refractivity contribution >= 4 is 56.3 Å². The highest BCUT2D eigenvalue weighted by Crippen LogP contribution is 2.51. The van der Waals surface area contributed by atoms with Gasteiger partial charge in [-0.25, -0.2) is 4.98 Å². The van der Waals surface area contributed by atoms with Crippen LogP contribution in [0.1, 0.15) is 48.2 Å². The van der Waals surface area contributed by atoms with Gasteiger partial charge in [0.25, 0.3) is 0 Å². The molecular formula is C36H22N2O2S. The third kappa shape index (κ3) is 3.70. The highest BCUT2D eigenvalue weighted by atomic mass is 32.1. The van der Waals surface area contributed by atoms with Crippen molar-refractivity contribution in [2.75, 3.05) is 4.90 Å². The molecule has 1 aliphatic heterocycles. The second kappa shape index (κ2) is 9.22. The minimum Gasteiger partial charge on any atom is -0.288 e. The lowest BCUT2D eigenvalue weighted by molar-refractivity contribution is 0.0990. The van der Waals surface area contributed by atoms with Gasteiger partial charge in [0.15, 0.2) is 11.6 Å². The van der Waals surface area contributed by atoms with Gasteiger partial charge >= 0.3 is 0 Å². The molecule has 0 bridgehead atoms. The van der Waals surface area contributed by atoms with Gasteiger partial charge in [-0.05, 0) is 64.4 Å². The SMILES string of the molecule is O=C1C(=Cc2ccc(N3c4ccccc4C(c4ccccc4)c4cccnc43)s2)C(=O)c2cc3ccccc3cc21. The smallest absolute Gasteiger partial charge is 0.197 e. The van der Waals surface area contributed by atoms with Crippen molar-refractivity contribution in [3.8, 4) is 0 Å². The number of hydrogen-bond acceptors (Lipinski definition) is 5. The molecule has 0 N–H and O–H groups in total. The van der Waals surface area contributed by atoms with Gasteiger partial charge in [0.05, 0.1) is 11.3 Å². The molecule has 0 radical (unpaired) electrons. The fourth-order valence-electron chi connectivity index (χ4n) is 6.09. The third-order valence-electron chi connectivity index (χ3n) is 7.95. The molecule has 6 aromatic rings. The molecule has 2 aromatic heterocycles. The molecule has 4 nitrogen and oxygen atoms in total. The van der Waals surface area contributed by atoms with Crippen molar-refractivity contribution in [1.82, 2.24) is 4.98 Å². The number of carbonyl (C=O) groups is 2. The van der Waals surface area contributed by atoms with Gasteiger partial charge in [-0.3, -0.25) is 14.5 Å². The van der Waals surface area contributed by atoms with Crippen LogP contribution in [0.25, 0.3) is 16.8 Å². The molecule has 8 rings (SSSR count). The van der Waals surface area contributed by atoms with E-state index >= 15 is 0 Å². The first-order valence-electron chi connectivity index (χ1n) is 13.5. The van der Waals surface area contributed by atoms with Crippen LogP contribution >= 0.6 is 11.3 Å². The predicted octanol–water partition coefficient (Wildman–Crippen LogP) is 8.72. The van der Waals surface area contributed by atoms with Crippen molar-refractivity contribution in [1.29, 1.82) is 0 Å². The number of fused-ring (bicyclic) bond motifs is 4. The van der Waals surface area contributed by atoms with Crippen molar-refractivity contribution in [3.05, 3.63) is 160 Å². The standard InChI is InChI=1S/C36H22N2O2S/c39-34-28-19-23-11-4-5-12-24(23)20-29(28)35(40)30(34)21-25-16-17-32(41-25)38-31-15-7-6-13-26(31)33(22-9-2-1-3-10-22)27-14-8-18-37-36(27)38/h1-21,33H. The maximum atomic E-state index is 13.4. The molecule has 2 aliphatic rings. The zero-order chi connectivity index (χ0) is 27.5. The van der Waals surface area contributed by atoms with E-state index in [1.54, 1.807) is 17.4 Å². The summed E-state index contributed by atoms with van der Waals surface area (Å²) in [5, 5.41) is 2.88. The lowest BCUT2D eigenvalue weighted by Crippen LogP contribution is -2.22. The largest absolute Gasteiger partial charge is 0.288 e. The monoisotopic (exact) mass is 546 g/mol. The van der Waals surface area contributed by atoms with Crippen LogP contribution in [0, 0.1) is 0 Å². The summed E-state index contributed by atoms with van der Waals surface area (Å²) < 4.78 is 0. The summed E-state index contributed by atoms with van der Waals surface area (Å²) in [4.78, 5) is 34.6. The number of rotatable bonds is 3. The van der Waals surface area contributed by atoms with E-state index in [4.69, 9.17) is 4.98 Å². The number of hydrogen-bond donors (Lipinski definition) is 0. The van der Waals surface area contributed by atoms with E-state index in [1.165, 1.54) is 11.1 Å². The average Bonchev–Trinajstić information content (AvgIpc) is 3.57. The summed E-state index contributed by atoms with van der Waals surface area (Å²) in [6, 6.07) is 38.6. The molecule has 0 amide bonds. The number of Topliss-reactive ketones (excluding diaryl/α,β-unsaturated/α-hetero) is 2. The molecule has 4 aromatic carbocycles. The molecule has 1 unspecified atom stereocenters. The maximum absolute atomic E-state index is 13.4. The zero-order valence-electron chi connectivity index (χ0n) is 21.8. The first-order valence-corrected chi connectivity index (χ1v) is 14.3. The summed E-state index contributed by atoms with van der Waals surface area (Å²) in [5.41, 5.74) is 5.80. The number of ketones is 2. The molecule has 1 atom stereocenters. The van der Waals surface area contributed by atoms with Crippen LogP contribution in [0.2, 0.25) is 0 Å². The number of carbonyl (C=O) groups excluding carboxylic acids is 2. The normalized spacial score (nSPS) is 15.6. The molecule has 194 valence electrons. The van der Waals surface area contributed by atoms with Crippen LogP contribution in [0.4, 0.5) is 16.5 Å². The van der Waals surface area contributed by atoms with Crippen LogP contribution in [0.3, 0.4) is 0 Å². The molecule has 41 heavy (non-hydrogen) atoms. The van der Waals surface area contributed by atoms with E-state index in [2.05, 4.69) is 59.5 Å². The van der Waals surface area contributed by atoms with Gasteiger partial charge in [0, 0.05) is 33.7 Å². The minimum absolute atomic E-state index is 0.0663. The summed E-state index contributed by atoms with van der Waals surface area (Å²) in [6.45, 7) is 0. The highest BCUT2D eigenvalue weighted by molar-refractivity contribution is 7.17. The Morgan fingerprint density at radius 2 is 1.34 bits per heavy atom. The van der Waals surface area contributed by atoms with Gasteiger partial charge in [0.2, 0.25) is 0 Å². The van der Waals surface area contributed by atoms with E-state index < -0.39 is 0 Å². The number of para-hydroxylation sites is 1. The van der Waals surface area contributed by atoms with E-state index in [-0.39, 0.29) is 23.1 Å². The maximum Gasteiger partial charge on any atom is 0.197 e. The third-order valence-corrected chi connectivity index (χ3v) is 8.96. The Bertz CT molecular complexity index is 1950. The Morgan fingerprint density at radius 1 is 0.683 bits per heavy atom. The van der Waals surface area contributed by atoms with Crippen molar-refractivity contribution < 1.29 is 9.59 Å². The van der Waals surface area contributed by atoms with Crippen molar-refractivity contribution in [3.63, 3.8) is 0 Å². The number of nitrogens with zero attached hydrogens (tertiary/aromatic N) is 2. The minimum atomic E-state index is -0.216. The first-order chi connectivity index (χ1) is 20.2. The topological polar surface area (TPSA) is 50.3 Å². The van der Waals surface area contributed by atoms with Crippen LogP contribution < -0.4 is 4.90 Å². The number of allylic oxidation sites excluding steroid dienone is 1. The molecule has 0 fully saturated rings. The molecule has 1 aliphatic carbocycles. The number of anilines is 3. The number of benzene rings is 4. The van der Waals surface area contributed by atoms with Gasteiger partial charge in [-0.1, -0.05) is 78.9 Å².